The Balaban J connectivity index is 2.02. The van der Waals surface area contributed by atoms with Crippen LogP contribution in [0.2, 0.25) is 0 Å². The summed E-state index contributed by atoms with van der Waals surface area (Å²) in [5.74, 6) is -0.901. The van der Waals surface area contributed by atoms with Crippen molar-refractivity contribution in [1.29, 1.82) is 5.26 Å². The SMILES string of the molecule is N#Cc1cc(C(=O)O)ccc1On1nnc2ccccc21. The molecule has 0 bridgehead atoms. The van der Waals surface area contributed by atoms with Crippen molar-refractivity contribution >= 4 is 17.0 Å². The largest absolute Gasteiger partial charge is 0.478 e. The second kappa shape index (κ2) is 4.94. The van der Waals surface area contributed by atoms with Gasteiger partial charge in [-0.25, -0.2) is 4.79 Å². The van der Waals surface area contributed by atoms with Crippen LogP contribution < -0.4 is 4.84 Å². The van der Waals surface area contributed by atoms with Crippen LogP contribution in [-0.2, 0) is 0 Å². The van der Waals surface area contributed by atoms with E-state index in [0.29, 0.717) is 11.0 Å². The van der Waals surface area contributed by atoms with Gasteiger partial charge in [0.15, 0.2) is 5.75 Å². The number of fused-ring (bicyclic) bond motifs is 1. The molecule has 2 aromatic carbocycles. The van der Waals surface area contributed by atoms with Gasteiger partial charge in [0.25, 0.3) is 0 Å². The van der Waals surface area contributed by atoms with Crippen molar-refractivity contribution < 1.29 is 14.7 Å². The smallest absolute Gasteiger partial charge is 0.335 e. The zero-order chi connectivity index (χ0) is 14.8. The Kier molecular flexibility index (Phi) is 2.97. The van der Waals surface area contributed by atoms with E-state index >= 15 is 0 Å². The van der Waals surface area contributed by atoms with Gasteiger partial charge in [-0.3, -0.25) is 0 Å². The molecule has 0 atom stereocenters. The number of nitriles is 1. The first-order chi connectivity index (χ1) is 10.2. The Morgan fingerprint density at radius 1 is 1.29 bits per heavy atom. The van der Waals surface area contributed by atoms with Gasteiger partial charge < -0.3 is 9.94 Å². The van der Waals surface area contributed by atoms with Crippen molar-refractivity contribution in [2.45, 2.75) is 0 Å². The number of carboxylic acid groups (broad SMARTS) is 1. The van der Waals surface area contributed by atoms with E-state index in [1.54, 1.807) is 12.1 Å². The fourth-order valence-corrected chi connectivity index (χ4v) is 1.84. The van der Waals surface area contributed by atoms with Gasteiger partial charge in [-0.2, -0.15) is 5.26 Å². The van der Waals surface area contributed by atoms with E-state index in [0.717, 1.165) is 0 Å². The highest BCUT2D eigenvalue weighted by Crippen LogP contribution is 2.21. The summed E-state index contributed by atoms with van der Waals surface area (Å²) in [6.45, 7) is 0. The molecule has 0 aliphatic rings. The molecular weight excluding hydrogens is 272 g/mol. The lowest BCUT2D eigenvalue weighted by molar-refractivity contribution is 0.0696. The maximum atomic E-state index is 10.9. The van der Waals surface area contributed by atoms with E-state index in [1.807, 2.05) is 18.2 Å². The molecule has 7 heteroatoms. The first kappa shape index (κ1) is 12.6. The molecule has 102 valence electrons. The molecule has 1 heterocycles. The number of aromatic carboxylic acids is 1. The number of rotatable bonds is 3. The third-order valence-electron chi connectivity index (χ3n) is 2.85. The van der Waals surface area contributed by atoms with Crippen molar-refractivity contribution in [3.05, 3.63) is 53.6 Å². The van der Waals surface area contributed by atoms with Crippen molar-refractivity contribution in [1.82, 2.24) is 15.2 Å². The van der Waals surface area contributed by atoms with E-state index in [2.05, 4.69) is 10.3 Å². The molecule has 1 aromatic heterocycles. The topological polar surface area (TPSA) is 101 Å². The number of carboxylic acids is 1. The van der Waals surface area contributed by atoms with Crippen LogP contribution >= 0.6 is 0 Å². The van der Waals surface area contributed by atoms with E-state index in [4.69, 9.17) is 15.2 Å². The summed E-state index contributed by atoms with van der Waals surface area (Å²) in [6, 6.07) is 13.1. The summed E-state index contributed by atoms with van der Waals surface area (Å²) in [5, 5.41) is 25.8. The summed E-state index contributed by atoms with van der Waals surface area (Å²) < 4.78 is 0. The molecule has 0 aliphatic heterocycles. The second-order valence-corrected chi connectivity index (χ2v) is 4.17. The van der Waals surface area contributed by atoms with Gasteiger partial charge in [-0.15, -0.1) is 5.10 Å². The second-order valence-electron chi connectivity index (χ2n) is 4.17. The predicted molar refractivity (Wildman–Crippen MR) is 71.7 cm³/mol. The van der Waals surface area contributed by atoms with Crippen LogP contribution in [-0.4, -0.2) is 26.2 Å². The number of hydrogen-bond acceptors (Lipinski definition) is 5. The van der Waals surface area contributed by atoms with E-state index in [-0.39, 0.29) is 16.9 Å². The average Bonchev–Trinajstić information content (AvgIpc) is 2.91. The lowest BCUT2D eigenvalue weighted by atomic mass is 10.1. The van der Waals surface area contributed by atoms with Crippen LogP contribution in [0.5, 0.6) is 5.75 Å². The van der Waals surface area contributed by atoms with E-state index < -0.39 is 5.97 Å². The van der Waals surface area contributed by atoms with Crippen LogP contribution in [0.1, 0.15) is 15.9 Å². The zero-order valence-electron chi connectivity index (χ0n) is 10.6. The monoisotopic (exact) mass is 280 g/mol. The number of nitrogens with zero attached hydrogens (tertiary/aromatic N) is 4. The maximum absolute atomic E-state index is 10.9. The number of benzene rings is 2. The maximum Gasteiger partial charge on any atom is 0.335 e. The van der Waals surface area contributed by atoms with Crippen LogP contribution in [0, 0.1) is 11.3 Å². The van der Waals surface area contributed by atoms with Crippen LogP contribution in [0.25, 0.3) is 11.0 Å². The average molecular weight is 280 g/mol. The molecule has 0 unspecified atom stereocenters. The first-order valence-electron chi connectivity index (χ1n) is 5.95. The summed E-state index contributed by atoms with van der Waals surface area (Å²) in [5.41, 5.74) is 1.42. The first-order valence-corrected chi connectivity index (χ1v) is 5.95. The minimum absolute atomic E-state index is 0.0161. The van der Waals surface area contributed by atoms with Gasteiger partial charge in [-0.1, -0.05) is 17.0 Å². The number of carbonyl (C=O) groups is 1. The molecular formula is C14H8N4O3. The Hall–Kier alpha value is -3.40. The minimum Gasteiger partial charge on any atom is -0.478 e. The van der Waals surface area contributed by atoms with E-state index in [9.17, 15) is 4.79 Å². The van der Waals surface area contributed by atoms with Gasteiger partial charge in [0, 0.05) is 0 Å². The fraction of sp³-hybridized carbons (Fsp3) is 0. The Bertz CT molecular complexity index is 879. The molecule has 0 radical (unpaired) electrons. The summed E-state index contributed by atoms with van der Waals surface area (Å²) in [4.78, 5) is 17.6. The van der Waals surface area contributed by atoms with E-state index in [1.165, 1.54) is 23.0 Å². The molecule has 3 rings (SSSR count). The summed E-state index contributed by atoms with van der Waals surface area (Å²) >= 11 is 0. The Morgan fingerprint density at radius 3 is 2.86 bits per heavy atom. The molecule has 0 fully saturated rings. The van der Waals surface area contributed by atoms with Crippen molar-refractivity contribution in [2.75, 3.05) is 0 Å². The summed E-state index contributed by atoms with van der Waals surface area (Å²) in [7, 11) is 0. The van der Waals surface area contributed by atoms with Crippen LogP contribution in [0.4, 0.5) is 0 Å². The standard InChI is InChI=1S/C14H8N4O3/c15-8-10-7-9(14(19)20)5-6-13(10)21-18-12-4-2-1-3-11(12)16-17-18/h1-7H,(H,19,20). The lowest BCUT2D eigenvalue weighted by Gasteiger charge is -2.07. The highest BCUT2D eigenvalue weighted by Gasteiger charge is 2.12. The van der Waals surface area contributed by atoms with Gasteiger partial charge in [0.05, 0.1) is 11.1 Å². The fourth-order valence-electron chi connectivity index (χ4n) is 1.84. The van der Waals surface area contributed by atoms with Crippen molar-refractivity contribution in [3.8, 4) is 11.8 Å². The number of hydrogen-bond donors (Lipinski definition) is 1. The van der Waals surface area contributed by atoms with Crippen LogP contribution in [0.15, 0.2) is 42.5 Å². The highest BCUT2D eigenvalue weighted by atomic mass is 16.7. The lowest BCUT2D eigenvalue weighted by Crippen LogP contribution is -2.09. The Labute approximate surface area is 118 Å². The molecule has 3 aromatic rings. The van der Waals surface area contributed by atoms with Gasteiger partial charge >= 0.3 is 5.97 Å². The highest BCUT2D eigenvalue weighted by molar-refractivity contribution is 5.88. The van der Waals surface area contributed by atoms with Crippen LogP contribution in [0.3, 0.4) is 0 Å². The minimum atomic E-state index is -1.11. The molecule has 0 spiro atoms. The Morgan fingerprint density at radius 2 is 2.10 bits per heavy atom. The molecule has 21 heavy (non-hydrogen) atoms. The predicted octanol–water partition coefficient (Wildman–Crippen LogP) is 1.84. The number of para-hydroxylation sites is 1. The third kappa shape index (κ3) is 2.26. The normalized spacial score (nSPS) is 10.2. The van der Waals surface area contributed by atoms with Crippen molar-refractivity contribution in [2.24, 2.45) is 0 Å². The van der Waals surface area contributed by atoms with Crippen molar-refractivity contribution in [3.63, 3.8) is 0 Å². The third-order valence-corrected chi connectivity index (χ3v) is 2.85. The van der Waals surface area contributed by atoms with Gasteiger partial charge in [0.1, 0.15) is 17.1 Å². The van der Waals surface area contributed by atoms with Gasteiger partial charge in [0.2, 0.25) is 0 Å². The zero-order valence-corrected chi connectivity index (χ0v) is 10.6. The quantitative estimate of drug-likeness (QED) is 0.785. The molecule has 0 saturated carbocycles. The molecule has 0 saturated heterocycles. The molecule has 7 nitrogen and oxygen atoms in total. The molecule has 0 amide bonds. The summed E-state index contributed by atoms with van der Waals surface area (Å²) in [6.07, 6.45) is 0. The van der Waals surface area contributed by atoms with Gasteiger partial charge in [-0.05, 0) is 35.5 Å². The number of aromatic nitrogens is 3. The molecule has 0 aliphatic carbocycles. The molecule has 1 N–H and O–H groups in total.